The standard InChI is InChI=1S/C21H13FN4O/c22-21-11-18-19(10-15(12-23)26-20(18)13-24-21)25-14-5-4-8-17(9-14)27-16-6-2-1-3-7-16/h1-11,13H,(H,25,26). The molecule has 4 rings (SSSR count). The summed E-state index contributed by atoms with van der Waals surface area (Å²) in [5, 5.41) is 12.9. The third-order valence-corrected chi connectivity index (χ3v) is 3.87. The molecule has 0 spiro atoms. The molecule has 27 heavy (non-hydrogen) atoms. The number of aromatic nitrogens is 2. The molecule has 0 unspecified atom stereocenters. The molecular formula is C21H13FN4O. The Morgan fingerprint density at radius 3 is 2.59 bits per heavy atom. The lowest BCUT2D eigenvalue weighted by atomic mass is 10.2. The van der Waals surface area contributed by atoms with Crippen molar-refractivity contribution in [3.05, 3.63) is 84.6 Å². The summed E-state index contributed by atoms with van der Waals surface area (Å²) in [6, 6.07) is 21.7. The largest absolute Gasteiger partial charge is 0.457 e. The van der Waals surface area contributed by atoms with Gasteiger partial charge in [0.15, 0.2) is 0 Å². The van der Waals surface area contributed by atoms with Gasteiger partial charge in [0.25, 0.3) is 0 Å². The first-order chi connectivity index (χ1) is 13.2. The number of halogens is 1. The topological polar surface area (TPSA) is 70.8 Å². The van der Waals surface area contributed by atoms with Crippen molar-refractivity contribution >= 4 is 22.3 Å². The Kier molecular flexibility index (Phi) is 4.33. The van der Waals surface area contributed by atoms with Crippen LogP contribution in [0.15, 0.2) is 72.9 Å². The second-order valence-electron chi connectivity index (χ2n) is 5.76. The number of nitriles is 1. The predicted octanol–water partition coefficient (Wildman–Crippen LogP) is 5.18. The number of benzene rings is 2. The lowest BCUT2D eigenvalue weighted by Gasteiger charge is -2.12. The Morgan fingerprint density at radius 1 is 0.963 bits per heavy atom. The van der Waals surface area contributed by atoms with Crippen LogP contribution < -0.4 is 10.1 Å². The summed E-state index contributed by atoms with van der Waals surface area (Å²) in [6.07, 6.45) is 1.31. The van der Waals surface area contributed by atoms with Crippen LogP contribution in [0.2, 0.25) is 0 Å². The van der Waals surface area contributed by atoms with Crippen LogP contribution >= 0.6 is 0 Å². The number of para-hydroxylation sites is 1. The van der Waals surface area contributed by atoms with Crippen LogP contribution in [0.5, 0.6) is 11.5 Å². The van der Waals surface area contributed by atoms with E-state index in [0.717, 1.165) is 11.4 Å². The van der Waals surface area contributed by atoms with Crippen LogP contribution in [0.4, 0.5) is 15.8 Å². The number of anilines is 2. The Balaban J connectivity index is 1.69. The van der Waals surface area contributed by atoms with Gasteiger partial charge in [-0.25, -0.2) is 9.97 Å². The maximum atomic E-state index is 13.6. The number of fused-ring (bicyclic) bond motifs is 1. The summed E-state index contributed by atoms with van der Waals surface area (Å²) in [6.45, 7) is 0. The van der Waals surface area contributed by atoms with E-state index in [4.69, 9.17) is 4.74 Å². The van der Waals surface area contributed by atoms with E-state index in [2.05, 4.69) is 15.3 Å². The highest BCUT2D eigenvalue weighted by molar-refractivity contribution is 5.93. The van der Waals surface area contributed by atoms with E-state index in [-0.39, 0.29) is 5.69 Å². The quantitative estimate of drug-likeness (QED) is 0.510. The van der Waals surface area contributed by atoms with Gasteiger partial charge in [-0.05, 0) is 30.3 Å². The average Bonchev–Trinajstić information content (AvgIpc) is 2.69. The Labute approximate surface area is 154 Å². The van der Waals surface area contributed by atoms with Crippen LogP contribution in [0.1, 0.15) is 5.69 Å². The van der Waals surface area contributed by atoms with Gasteiger partial charge in [-0.15, -0.1) is 0 Å². The fourth-order valence-electron chi connectivity index (χ4n) is 2.68. The molecule has 0 atom stereocenters. The Morgan fingerprint density at radius 2 is 1.78 bits per heavy atom. The van der Waals surface area contributed by atoms with Crippen LogP contribution in [0, 0.1) is 17.3 Å². The van der Waals surface area contributed by atoms with Gasteiger partial charge in [0.2, 0.25) is 5.95 Å². The first-order valence-electron chi connectivity index (χ1n) is 8.18. The first-order valence-corrected chi connectivity index (χ1v) is 8.18. The number of nitrogens with one attached hydrogen (secondary N) is 1. The molecule has 2 heterocycles. The Hall–Kier alpha value is -3.98. The van der Waals surface area contributed by atoms with E-state index in [1.165, 1.54) is 12.3 Å². The van der Waals surface area contributed by atoms with Crippen LogP contribution in [0.25, 0.3) is 10.9 Å². The molecule has 6 heteroatoms. The molecule has 2 aromatic carbocycles. The van der Waals surface area contributed by atoms with Gasteiger partial charge in [0.1, 0.15) is 23.3 Å². The molecule has 4 aromatic rings. The SMILES string of the molecule is N#Cc1cc(Nc2cccc(Oc3ccccc3)c2)c2cc(F)ncc2n1. The molecule has 0 radical (unpaired) electrons. The second-order valence-corrected chi connectivity index (χ2v) is 5.76. The van der Waals surface area contributed by atoms with Gasteiger partial charge in [-0.3, -0.25) is 0 Å². The predicted molar refractivity (Wildman–Crippen MR) is 100 cm³/mol. The summed E-state index contributed by atoms with van der Waals surface area (Å²) < 4.78 is 19.4. The normalized spacial score (nSPS) is 10.4. The average molecular weight is 356 g/mol. The monoisotopic (exact) mass is 356 g/mol. The van der Waals surface area contributed by atoms with Crippen LogP contribution in [-0.4, -0.2) is 9.97 Å². The number of pyridine rings is 2. The molecule has 0 amide bonds. The summed E-state index contributed by atoms with van der Waals surface area (Å²) in [7, 11) is 0. The van der Waals surface area contributed by atoms with Gasteiger partial charge in [0.05, 0.1) is 17.4 Å². The van der Waals surface area contributed by atoms with Crippen molar-refractivity contribution in [3.8, 4) is 17.6 Å². The van der Waals surface area contributed by atoms with Crippen molar-refractivity contribution in [1.82, 2.24) is 9.97 Å². The van der Waals surface area contributed by atoms with Gasteiger partial charge in [-0.1, -0.05) is 24.3 Å². The van der Waals surface area contributed by atoms with E-state index in [1.807, 2.05) is 60.7 Å². The van der Waals surface area contributed by atoms with E-state index < -0.39 is 5.95 Å². The second kappa shape index (κ2) is 7.10. The summed E-state index contributed by atoms with van der Waals surface area (Å²) in [4.78, 5) is 7.76. The zero-order valence-electron chi connectivity index (χ0n) is 14.1. The molecule has 0 aliphatic carbocycles. The fraction of sp³-hybridized carbons (Fsp3) is 0. The molecule has 0 saturated carbocycles. The van der Waals surface area contributed by atoms with E-state index in [0.29, 0.717) is 22.3 Å². The van der Waals surface area contributed by atoms with Gasteiger partial charge >= 0.3 is 0 Å². The first kappa shape index (κ1) is 16.5. The molecule has 5 nitrogen and oxygen atoms in total. The summed E-state index contributed by atoms with van der Waals surface area (Å²) >= 11 is 0. The van der Waals surface area contributed by atoms with E-state index in [9.17, 15) is 9.65 Å². The highest BCUT2D eigenvalue weighted by atomic mass is 19.1. The summed E-state index contributed by atoms with van der Waals surface area (Å²) in [5.41, 5.74) is 1.96. The Bertz CT molecular complexity index is 1160. The minimum absolute atomic E-state index is 0.218. The highest BCUT2D eigenvalue weighted by Gasteiger charge is 2.09. The van der Waals surface area contributed by atoms with Gasteiger partial charge < -0.3 is 10.1 Å². The van der Waals surface area contributed by atoms with E-state index >= 15 is 0 Å². The van der Waals surface area contributed by atoms with Crippen molar-refractivity contribution in [2.24, 2.45) is 0 Å². The molecule has 130 valence electrons. The zero-order valence-corrected chi connectivity index (χ0v) is 14.1. The number of hydrogen-bond acceptors (Lipinski definition) is 5. The van der Waals surface area contributed by atoms with Gasteiger partial charge in [-0.2, -0.15) is 9.65 Å². The number of nitrogens with zero attached hydrogens (tertiary/aromatic N) is 3. The van der Waals surface area contributed by atoms with Crippen molar-refractivity contribution in [2.75, 3.05) is 5.32 Å². The maximum Gasteiger partial charge on any atom is 0.213 e. The van der Waals surface area contributed by atoms with Crippen LogP contribution in [-0.2, 0) is 0 Å². The molecule has 0 aliphatic rings. The lowest BCUT2D eigenvalue weighted by molar-refractivity contribution is 0.483. The van der Waals surface area contributed by atoms with Crippen LogP contribution in [0.3, 0.4) is 0 Å². The number of rotatable bonds is 4. The number of ether oxygens (including phenoxy) is 1. The highest BCUT2D eigenvalue weighted by Crippen LogP contribution is 2.29. The van der Waals surface area contributed by atoms with E-state index in [1.54, 1.807) is 6.07 Å². The van der Waals surface area contributed by atoms with Crippen molar-refractivity contribution in [3.63, 3.8) is 0 Å². The molecular weight excluding hydrogens is 343 g/mol. The zero-order chi connectivity index (χ0) is 18.6. The smallest absolute Gasteiger partial charge is 0.213 e. The lowest BCUT2D eigenvalue weighted by Crippen LogP contribution is -1.97. The van der Waals surface area contributed by atoms with Crippen molar-refractivity contribution < 1.29 is 9.13 Å². The molecule has 0 aliphatic heterocycles. The molecule has 0 fully saturated rings. The third-order valence-electron chi connectivity index (χ3n) is 3.87. The minimum atomic E-state index is -0.613. The maximum absolute atomic E-state index is 13.6. The fourth-order valence-corrected chi connectivity index (χ4v) is 2.68. The minimum Gasteiger partial charge on any atom is -0.457 e. The molecule has 2 aromatic heterocycles. The molecule has 0 saturated heterocycles. The third kappa shape index (κ3) is 3.67. The van der Waals surface area contributed by atoms with Crippen molar-refractivity contribution in [2.45, 2.75) is 0 Å². The molecule has 0 bridgehead atoms. The summed E-state index contributed by atoms with van der Waals surface area (Å²) in [5.74, 6) is 0.764. The van der Waals surface area contributed by atoms with Gasteiger partial charge in [0, 0.05) is 23.2 Å². The van der Waals surface area contributed by atoms with Crippen molar-refractivity contribution in [1.29, 1.82) is 5.26 Å². The molecule has 1 N–H and O–H groups in total. The number of hydrogen-bond donors (Lipinski definition) is 1.